The summed E-state index contributed by atoms with van der Waals surface area (Å²) in [6.45, 7) is 3.37. The minimum absolute atomic E-state index is 0.0269. The van der Waals surface area contributed by atoms with Gasteiger partial charge in [-0.15, -0.1) is 0 Å². The summed E-state index contributed by atoms with van der Waals surface area (Å²) in [5.41, 5.74) is 2.48. The molecule has 3 heterocycles. The third-order valence-corrected chi connectivity index (χ3v) is 5.77. The zero-order valence-corrected chi connectivity index (χ0v) is 18.7. The van der Waals surface area contributed by atoms with E-state index in [0.29, 0.717) is 23.0 Å². The van der Waals surface area contributed by atoms with E-state index in [0.717, 1.165) is 30.2 Å². The number of hydrogen-bond donors (Lipinski definition) is 2. The zero-order chi connectivity index (χ0) is 22.5. The molecule has 0 radical (unpaired) electrons. The van der Waals surface area contributed by atoms with Crippen molar-refractivity contribution in [1.82, 2.24) is 20.3 Å². The lowest BCUT2D eigenvalue weighted by molar-refractivity contribution is 0.243. The van der Waals surface area contributed by atoms with Crippen molar-refractivity contribution in [1.29, 1.82) is 0 Å². The third kappa shape index (κ3) is 5.26. The highest BCUT2D eigenvalue weighted by atomic mass is 35.5. The Morgan fingerprint density at radius 3 is 2.66 bits per heavy atom. The van der Waals surface area contributed by atoms with Crippen molar-refractivity contribution in [2.75, 3.05) is 30.4 Å². The van der Waals surface area contributed by atoms with E-state index in [-0.39, 0.29) is 18.0 Å². The van der Waals surface area contributed by atoms with Crippen molar-refractivity contribution >= 4 is 29.1 Å². The van der Waals surface area contributed by atoms with Gasteiger partial charge in [0.1, 0.15) is 17.9 Å². The first-order valence-corrected chi connectivity index (χ1v) is 10.8. The number of carbonyl (C=O) groups excluding carboxylic acids is 1. The normalized spacial score (nSPS) is 18.2. The number of nitrogens with zero attached hydrogens (tertiary/aromatic N) is 4. The average molecular weight is 453 g/mol. The van der Waals surface area contributed by atoms with Crippen LogP contribution in [0.2, 0.25) is 5.02 Å². The van der Waals surface area contributed by atoms with Gasteiger partial charge in [0.2, 0.25) is 0 Å². The highest BCUT2D eigenvalue weighted by molar-refractivity contribution is 6.30. The second-order valence-electron chi connectivity index (χ2n) is 7.69. The van der Waals surface area contributed by atoms with Crippen molar-refractivity contribution in [3.8, 4) is 5.75 Å². The van der Waals surface area contributed by atoms with Gasteiger partial charge in [-0.25, -0.2) is 14.8 Å². The molecule has 2 amide bonds. The Bertz CT molecular complexity index is 1060. The second kappa shape index (κ2) is 9.82. The molecule has 0 bridgehead atoms. The number of piperidine rings is 1. The van der Waals surface area contributed by atoms with Crippen LogP contribution in [0.5, 0.6) is 5.75 Å². The van der Waals surface area contributed by atoms with Gasteiger partial charge in [0.15, 0.2) is 0 Å². The number of aromatic nitrogens is 3. The van der Waals surface area contributed by atoms with Crippen molar-refractivity contribution in [3.63, 3.8) is 0 Å². The molecule has 3 aromatic rings. The summed E-state index contributed by atoms with van der Waals surface area (Å²) in [6, 6.07) is 12.5. The first kappa shape index (κ1) is 21.8. The number of benzene rings is 1. The third-order valence-electron chi connectivity index (χ3n) is 5.52. The highest BCUT2D eigenvalue weighted by Crippen LogP contribution is 2.30. The molecule has 8 nitrogen and oxygen atoms in total. The van der Waals surface area contributed by atoms with Gasteiger partial charge in [-0.2, -0.15) is 0 Å². The number of halogens is 1. The lowest BCUT2D eigenvalue weighted by Gasteiger charge is -2.39. The zero-order valence-electron chi connectivity index (χ0n) is 18.0. The number of aryl methyl sites for hydroxylation is 1. The van der Waals surface area contributed by atoms with Gasteiger partial charge in [-0.3, -0.25) is 4.98 Å². The maximum atomic E-state index is 12.7. The number of urea groups is 1. The van der Waals surface area contributed by atoms with Crippen LogP contribution in [0.4, 0.5) is 16.3 Å². The maximum Gasteiger partial charge on any atom is 0.319 e. The fourth-order valence-electron chi connectivity index (χ4n) is 3.85. The summed E-state index contributed by atoms with van der Waals surface area (Å²) in [7, 11) is 1.61. The molecule has 0 aliphatic carbocycles. The van der Waals surface area contributed by atoms with Crippen molar-refractivity contribution in [2.24, 2.45) is 0 Å². The molecular weight excluding hydrogens is 428 g/mol. The van der Waals surface area contributed by atoms with Crippen LogP contribution in [0.3, 0.4) is 0 Å². The van der Waals surface area contributed by atoms with E-state index in [4.69, 9.17) is 16.3 Å². The van der Waals surface area contributed by atoms with Gasteiger partial charge in [0.25, 0.3) is 0 Å². The van der Waals surface area contributed by atoms with Crippen molar-refractivity contribution in [2.45, 2.75) is 25.3 Å². The molecule has 32 heavy (non-hydrogen) atoms. The Balaban J connectivity index is 1.52. The van der Waals surface area contributed by atoms with E-state index in [9.17, 15) is 4.79 Å². The van der Waals surface area contributed by atoms with Crippen LogP contribution in [-0.2, 0) is 0 Å². The van der Waals surface area contributed by atoms with Crippen molar-refractivity contribution in [3.05, 3.63) is 71.4 Å². The van der Waals surface area contributed by atoms with E-state index in [1.807, 2.05) is 25.1 Å². The Kier molecular flexibility index (Phi) is 6.70. The van der Waals surface area contributed by atoms with E-state index in [2.05, 4.69) is 30.5 Å². The first-order valence-electron chi connectivity index (χ1n) is 10.4. The minimum atomic E-state index is -0.262. The molecule has 1 aromatic carbocycles. The smallest absolute Gasteiger partial charge is 0.319 e. The molecule has 4 rings (SSSR count). The van der Waals surface area contributed by atoms with Gasteiger partial charge < -0.3 is 20.3 Å². The summed E-state index contributed by atoms with van der Waals surface area (Å²) in [4.78, 5) is 28.1. The quantitative estimate of drug-likeness (QED) is 0.607. The minimum Gasteiger partial charge on any atom is -0.495 e. The van der Waals surface area contributed by atoms with Crippen LogP contribution in [0, 0.1) is 6.92 Å². The number of carbonyl (C=O) groups is 1. The maximum absolute atomic E-state index is 12.7. The Morgan fingerprint density at radius 1 is 1.16 bits per heavy atom. The molecule has 2 aromatic heterocycles. The summed E-state index contributed by atoms with van der Waals surface area (Å²) in [5.74, 6) is 1.54. The Hall–Kier alpha value is -3.39. The molecule has 1 aliphatic heterocycles. The predicted molar refractivity (Wildman–Crippen MR) is 125 cm³/mol. The number of ether oxygens (including phenoxy) is 1. The molecule has 0 spiro atoms. The largest absolute Gasteiger partial charge is 0.495 e. The van der Waals surface area contributed by atoms with E-state index < -0.39 is 0 Å². The van der Waals surface area contributed by atoms with Gasteiger partial charge in [0, 0.05) is 53.2 Å². The van der Waals surface area contributed by atoms with Crippen LogP contribution >= 0.6 is 11.6 Å². The Morgan fingerprint density at radius 2 is 1.97 bits per heavy atom. The Labute approximate surface area is 192 Å². The topological polar surface area (TPSA) is 92.3 Å². The molecule has 1 aliphatic rings. The lowest BCUT2D eigenvalue weighted by Crippen LogP contribution is -2.51. The fraction of sp³-hybridized carbons (Fsp3) is 0.304. The predicted octanol–water partition coefficient (Wildman–Crippen LogP) is 4.03. The summed E-state index contributed by atoms with van der Waals surface area (Å²) < 4.78 is 5.25. The second-order valence-corrected chi connectivity index (χ2v) is 8.13. The molecule has 166 valence electrons. The number of pyridine rings is 1. The average Bonchev–Trinajstić information content (AvgIpc) is 2.81. The lowest BCUT2D eigenvalue weighted by atomic mass is 9.88. The van der Waals surface area contributed by atoms with Crippen LogP contribution in [0.25, 0.3) is 0 Å². The molecule has 9 heteroatoms. The van der Waals surface area contributed by atoms with Gasteiger partial charge in [-0.05, 0) is 49.7 Å². The van der Waals surface area contributed by atoms with E-state index >= 15 is 0 Å². The number of rotatable bonds is 5. The van der Waals surface area contributed by atoms with Crippen LogP contribution in [-0.4, -0.2) is 47.2 Å². The van der Waals surface area contributed by atoms with E-state index in [1.54, 1.807) is 43.9 Å². The van der Waals surface area contributed by atoms with Crippen LogP contribution in [0.1, 0.15) is 23.7 Å². The summed E-state index contributed by atoms with van der Waals surface area (Å²) in [6.07, 6.45) is 4.03. The van der Waals surface area contributed by atoms with Crippen LogP contribution in [0.15, 0.2) is 55.0 Å². The molecule has 2 N–H and O–H groups in total. The van der Waals surface area contributed by atoms with E-state index in [1.165, 1.54) is 0 Å². The molecule has 0 unspecified atom stereocenters. The highest BCUT2D eigenvalue weighted by Gasteiger charge is 2.33. The van der Waals surface area contributed by atoms with Crippen molar-refractivity contribution < 1.29 is 9.53 Å². The summed E-state index contributed by atoms with van der Waals surface area (Å²) in [5, 5.41) is 6.62. The monoisotopic (exact) mass is 452 g/mol. The molecule has 0 saturated carbocycles. The van der Waals surface area contributed by atoms with Gasteiger partial charge >= 0.3 is 6.03 Å². The standard InChI is InChI=1S/C23H25ClN6O2/c1-15-11-22(27-14-26-15)30-10-9-21(19(13-30)20-8-7-18(32-2)12-25-20)29-23(31)28-17-5-3-16(24)4-6-17/h3-8,11-12,14,19,21H,9-10,13H2,1-2H3,(H2,28,29,31)/t19-,21+/m0/s1. The fourth-order valence-corrected chi connectivity index (χ4v) is 3.97. The number of amides is 2. The number of nitrogens with one attached hydrogen (secondary N) is 2. The molecule has 1 saturated heterocycles. The molecule has 1 fully saturated rings. The van der Waals surface area contributed by atoms with Gasteiger partial charge in [0.05, 0.1) is 13.3 Å². The molecular formula is C23H25ClN6O2. The SMILES string of the molecule is COc1ccc([C@@H]2CN(c3cc(C)ncn3)CC[C@H]2NC(=O)Nc2ccc(Cl)cc2)nc1. The first-order chi connectivity index (χ1) is 15.5. The number of hydrogen-bond acceptors (Lipinski definition) is 6. The number of methoxy groups -OCH3 is 1. The van der Waals surface area contributed by atoms with Crippen LogP contribution < -0.4 is 20.3 Å². The molecule has 2 atom stereocenters. The van der Waals surface area contributed by atoms with Gasteiger partial charge in [-0.1, -0.05) is 11.6 Å². The number of anilines is 2. The summed E-state index contributed by atoms with van der Waals surface area (Å²) >= 11 is 5.93.